The van der Waals surface area contributed by atoms with Crippen LogP contribution in [0.2, 0.25) is 0 Å². The van der Waals surface area contributed by atoms with E-state index in [9.17, 15) is 13.6 Å². The fourth-order valence-corrected chi connectivity index (χ4v) is 5.28. The van der Waals surface area contributed by atoms with Crippen molar-refractivity contribution in [1.29, 1.82) is 0 Å². The lowest BCUT2D eigenvalue weighted by atomic mass is 9.89. The highest BCUT2D eigenvalue weighted by molar-refractivity contribution is 5.88. The number of hydrogen-bond donors (Lipinski definition) is 0. The third-order valence-corrected chi connectivity index (χ3v) is 6.82. The summed E-state index contributed by atoms with van der Waals surface area (Å²) in [6.07, 6.45) is 4.82. The number of amides is 1. The molecule has 3 aromatic rings. The van der Waals surface area contributed by atoms with Crippen molar-refractivity contribution in [3.63, 3.8) is 0 Å². The van der Waals surface area contributed by atoms with E-state index in [4.69, 9.17) is 4.74 Å². The van der Waals surface area contributed by atoms with E-state index in [0.717, 1.165) is 12.0 Å². The Morgan fingerprint density at radius 2 is 1.87 bits per heavy atom. The molecule has 3 aliphatic rings. The number of fused-ring (bicyclic) bond motifs is 2. The third-order valence-electron chi connectivity index (χ3n) is 6.82. The first-order valence-corrected chi connectivity index (χ1v) is 10.6. The second-order valence-corrected chi connectivity index (χ2v) is 8.41. The fourth-order valence-electron chi connectivity index (χ4n) is 5.28. The molecule has 0 N–H and O–H groups in total. The average Bonchev–Trinajstić information content (AvgIpc) is 3.44. The third kappa shape index (κ3) is 2.69. The summed E-state index contributed by atoms with van der Waals surface area (Å²) in [6, 6.07) is 8.15. The van der Waals surface area contributed by atoms with Gasteiger partial charge in [0.2, 0.25) is 0 Å². The summed E-state index contributed by atoms with van der Waals surface area (Å²) in [5, 5.41) is 4.09. The predicted octanol–water partition coefficient (Wildman–Crippen LogP) is 3.07. The summed E-state index contributed by atoms with van der Waals surface area (Å²) in [7, 11) is 0. The summed E-state index contributed by atoms with van der Waals surface area (Å²) in [5.74, 6) is -0.0684. The molecule has 31 heavy (non-hydrogen) atoms. The smallest absolute Gasteiger partial charge is 0.257 e. The van der Waals surface area contributed by atoms with Crippen LogP contribution in [0.4, 0.5) is 14.6 Å². The predicted molar refractivity (Wildman–Crippen MR) is 107 cm³/mol. The standard InChI is InChI=1S/C22H21F2N5O2/c23-15-4-2-1-3-14(15)17-5-6-19-28(17)21(30)22(31-19)8-11-27(12-9-22)18-7-10-25-20-16(24)13-26-29(18)20/h1-4,7,10,13,17,19H,5-6,8-9,11-12H2/t17-,19+/m0/s1. The van der Waals surface area contributed by atoms with Crippen LogP contribution in [-0.4, -0.2) is 50.3 Å². The van der Waals surface area contributed by atoms with Crippen LogP contribution >= 0.6 is 0 Å². The van der Waals surface area contributed by atoms with Gasteiger partial charge in [-0.25, -0.2) is 13.8 Å². The van der Waals surface area contributed by atoms with E-state index in [-0.39, 0.29) is 29.6 Å². The Hall–Kier alpha value is -3.07. The number of benzene rings is 1. The number of carbonyl (C=O) groups excluding carboxylic acids is 1. The highest BCUT2D eigenvalue weighted by Gasteiger charge is 2.58. The van der Waals surface area contributed by atoms with Gasteiger partial charge in [0.25, 0.3) is 5.91 Å². The van der Waals surface area contributed by atoms with Gasteiger partial charge >= 0.3 is 0 Å². The maximum absolute atomic E-state index is 14.4. The number of halogens is 2. The van der Waals surface area contributed by atoms with Gasteiger partial charge in [-0.1, -0.05) is 18.2 Å². The minimum Gasteiger partial charge on any atom is -0.356 e. The van der Waals surface area contributed by atoms with Crippen molar-refractivity contribution in [2.45, 2.75) is 43.6 Å². The molecule has 1 amide bonds. The van der Waals surface area contributed by atoms with Gasteiger partial charge in [0.15, 0.2) is 17.1 Å². The van der Waals surface area contributed by atoms with E-state index in [1.54, 1.807) is 35.4 Å². The lowest BCUT2D eigenvalue weighted by Crippen LogP contribution is -2.50. The highest BCUT2D eigenvalue weighted by atomic mass is 19.1. The van der Waals surface area contributed by atoms with E-state index in [0.29, 0.717) is 44.3 Å². The number of piperidine rings is 1. The van der Waals surface area contributed by atoms with E-state index in [1.807, 2.05) is 0 Å². The lowest BCUT2D eigenvalue weighted by Gasteiger charge is -2.38. The van der Waals surface area contributed by atoms with Gasteiger partial charge in [-0.15, -0.1) is 0 Å². The molecular formula is C22H21F2N5O2. The van der Waals surface area contributed by atoms with Gasteiger partial charge in [0.1, 0.15) is 17.9 Å². The Bertz CT molecular complexity index is 1170. The molecule has 0 bridgehead atoms. The molecule has 3 saturated heterocycles. The van der Waals surface area contributed by atoms with Crippen LogP contribution in [0, 0.1) is 11.6 Å². The number of aromatic nitrogens is 3. The largest absolute Gasteiger partial charge is 0.356 e. The van der Waals surface area contributed by atoms with Crippen LogP contribution in [-0.2, 0) is 9.53 Å². The molecule has 0 saturated carbocycles. The van der Waals surface area contributed by atoms with Gasteiger partial charge in [-0.2, -0.15) is 9.61 Å². The van der Waals surface area contributed by atoms with Crippen molar-refractivity contribution in [3.05, 3.63) is 59.9 Å². The first-order chi connectivity index (χ1) is 15.1. The Balaban J connectivity index is 1.24. The molecule has 3 fully saturated rings. The number of nitrogens with zero attached hydrogens (tertiary/aromatic N) is 5. The molecule has 0 unspecified atom stereocenters. The summed E-state index contributed by atoms with van der Waals surface area (Å²) in [4.78, 5) is 21.4. The molecule has 5 heterocycles. The molecule has 0 aliphatic carbocycles. The van der Waals surface area contributed by atoms with Gasteiger partial charge < -0.3 is 14.5 Å². The number of anilines is 1. The van der Waals surface area contributed by atoms with Crippen LogP contribution in [0.3, 0.4) is 0 Å². The zero-order valence-electron chi connectivity index (χ0n) is 16.7. The van der Waals surface area contributed by atoms with Crippen molar-refractivity contribution >= 4 is 17.4 Å². The first-order valence-electron chi connectivity index (χ1n) is 10.6. The van der Waals surface area contributed by atoms with Crippen molar-refractivity contribution in [2.24, 2.45) is 0 Å². The molecule has 7 nitrogen and oxygen atoms in total. The van der Waals surface area contributed by atoms with E-state index < -0.39 is 11.4 Å². The normalized spacial score (nSPS) is 25.0. The van der Waals surface area contributed by atoms with Crippen molar-refractivity contribution in [3.8, 4) is 0 Å². The Morgan fingerprint density at radius 1 is 1.06 bits per heavy atom. The summed E-state index contributed by atoms with van der Waals surface area (Å²) < 4.78 is 36.1. The second-order valence-electron chi connectivity index (χ2n) is 8.41. The summed E-state index contributed by atoms with van der Waals surface area (Å²) >= 11 is 0. The van der Waals surface area contributed by atoms with Gasteiger partial charge in [0, 0.05) is 37.7 Å². The van der Waals surface area contributed by atoms with E-state index >= 15 is 0 Å². The molecule has 1 aromatic carbocycles. The van der Waals surface area contributed by atoms with Crippen LogP contribution in [0.5, 0.6) is 0 Å². The molecule has 2 atom stereocenters. The molecule has 3 aliphatic heterocycles. The Morgan fingerprint density at radius 3 is 2.68 bits per heavy atom. The van der Waals surface area contributed by atoms with Crippen molar-refractivity contribution in [2.75, 3.05) is 18.0 Å². The SMILES string of the molecule is O=C1N2[C@@H](CC[C@H]2c2ccccc2F)OC12CCN(c1ccnc3c(F)cnn13)CC2. The number of rotatable bonds is 2. The second kappa shape index (κ2) is 6.71. The molecule has 0 radical (unpaired) electrons. The summed E-state index contributed by atoms with van der Waals surface area (Å²) in [5.41, 5.74) is -0.150. The fraction of sp³-hybridized carbons (Fsp3) is 0.409. The van der Waals surface area contributed by atoms with Gasteiger partial charge in [0.05, 0.1) is 12.2 Å². The zero-order chi connectivity index (χ0) is 21.2. The van der Waals surface area contributed by atoms with Gasteiger partial charge in [-0.3, -0.25) is 4.79 Å². The molecule has 2 aromatic heterocycles. The molecule has 1 spiro atoms. The van der Waals surface area contributed by atoms with Crippen LogP contribution < -0.4 is 4.90 Å². The van der Waals surface area contributed by atoms with E-state index in [1.165, 1.54) is 10.6 Å². The zero-order valence-corrected chi connectivity index (χ0v) is 16.7. The average molecular weight is 425 g/mol. The maximum Gasteiger partial charge on any atom is 0.257 e. The van der Waals surface area contributed by atoms with Gasteiger partial charge in [-0.05, 0) is 25.0 Å². The highest BCUT2D eigenvalue weighted by Crippen LogP contribution is 2.48. The maximum atomic E-state index is 14.4. The first kappa shape index (κ1) is 18.7. The molecule has 9 heteroatoms. The lowest BCUT2D eigenvalue weighted by molar-refractivity contribution is -0.140. The van der Waals surface area contributed by atoms with E-state index in [2.05, 4.69) is 15.0 Å². The summed E-state index contributed by atoms with van der Waals surface area (Å²) in [6.45, 7) is 1.13. The molecule has 6 rings (SSSR count). The van der Waals surface area contributed by atoms with Crippen molar-refractivity contribution < 1.29 is 18.3 Å². The quantitative estimate of drug-likeness (QED) is 0.632. The topological polar surface area (TPSA) is 63.0 Å². The Labute approximate surface area is 177 Å². The van der Waals surface area contributed by atoms with Crippen LogP contribution in [0.25, 0.3) is 5.65 Å². The minimum atomic E-state index is -0.882. The molecular weight excluding hydrogens is 404 g/mol. The van der Waals surface area contributed by atoms with Crippen LogP contribution in [0.1, 0.15) is 37.3 Å². The molecule has 160 valence electrons. The monoisotopic (exact) mass is 425 g/mol. The van der Waals surface area contributed by atoms with Crippen LogP contribution in [0.15, 0.2) is 42.7 Å². The number of carbonyl (C=O) groups is 1. The van der Waals surface area contributed by atoms with Crippen molar-refractivity contribution in [1.82, 2.24) is 19.5 Å². The number of hydrogen-bond acceptors (Lipinski definition) is 5. The minimum absolute atomic E-state index is 0.0482. The Kier molecular flexibility index (Phi) is 4.05. The number of ether oxygens (including phenoxy) is 1.